The Morgan fingerprint density at radius 2 is 2.05 bits per heavy atom. The Labute approximate surface area is 115 Å². The highest BCUT2D eigenvalue weighted by atomic mass is 16.3. The van der Waals surface area contributed by atoms with Gasteiger partial charge in [0.1, 0.15) is 5.75 Å². The van der Waals surface area contributed by atoms with Gasteiger partial charge in [0, 0.05) is 18.2 Å². The summed E-state index contributed by atoms with van der Waals surface area (Å²) in [5.74, 6) is 0.313. The molecule has 0 spiro atoms. The first-order valence-corrected chi connectivity index (χ1v) is 6.84. The van der Waals surface area contributed by atoms with E-state index in [2.05, 4.69) is 12.2 Å². The fourth-order valence-corrected chi connectivity index (χ4v) is 2.20. The lowest BCUT2D eigenvalue weighted by Crippen LogP contribution is -2.37. The molecular weight excluding hydrogens is 240 g/mol. The smallest absolute Gasteiger partial charge is 0.234 e. The molecule has 1 amide bonds. The summed E-state index contributed by atoms with van der Waals surface area (Å²) in [6.07, 6.45) is 1.78. The van der Waals surface area contributed by atoms with E-state index in [9.17, 15) is 9.90 Å². The van der Waals surface area contributed by atoms with Crippen LogP contribution in [0.4, 0.5) is 0 Å². The molecule has 0 aliphatic rings. The van der Waals surface area contributed by atoms with Crippen molar-refractivity contribution in [2.24, 2.45) is 0 Å². The lowest BCUT2D eigenvalue weighted by atomic mass is 10.0. The molecule has 106 valence electrons. The van der Waals surface area contributed by atoms with Crippen LogP contribution >= 0.6 is 0 Å². The van der Waals surface area contributed by atoms with E-state index in [0.717, 1.165) is 18.4 Å². The number of likely N-dealkylation sites (N-methyl/N-ethyl adjacent to an activating group) is 1. The molecule has 19 heavy (non-hydrogen) atoms. The summed E-state index contributed by atoms with van der Waals surface area (Å²) >= 11 is 0. The van der Waals surface area contributed by atoms with Gasteiger partial charge in [0.25, 0.3) is 0 Å². The molecule has 1 aromatic rings. The number of phenols is 1. The molecule has 4 heteroatoms. The minimum Gasteiger partial charge on any atom is -0.508 e. The van der Waals surface area contributed by atoms with Crippen molar-refractivity contribution in [3.05, 3.63) is 29.8 Å². The molecule has 0 aliphatic carbocycles. The first kappa shape index (κ1) is 15.5. The maximum absolute atomic E-state index is 11.7. The van der Waals surface area contributed by atoms with Gasteiger partial charge < -0.3 is 10.4 Å². The first-order valence-electron chi connectivity index (χ1n) is 6.84. The summed E-state index contributed by atoms with van der Waals surface area (Å²) in [6.45, 7) is 5.13. The molecule has 1 rings (SSSR count). The van der Waals surface area contributed by atoms with Gasteiger partial charge in [0.15, 0.2) is 0 Å². The van der Waals surface area contributed by atoms with Crippen molar-refractivity contribution in [1.82, 2.24) is 10.2 Å². The lowest BCUT2D eigenvalue weighted by molar-refractivity contribution is -0.122. The normalized spacial score (nSPS) is 12.4. The van der Waals surface area contributed by atoms with Crippen LogP contribution in [-0.2, 0) is 4.79 Å². The van der Waals surface area contributed by atoms with Gasteiger partial charge in [-0.05, 0) is 26.0 Å². The van der Waals surface area contributed by atoms with Crippen LogP contribution < -0.4 is 5.32 Å². The molecule has 0 heterocycles. The number of nitrogens with zero attached hydrogens (tertiary/aromatic N) is 1. The molecule has 0 bridgehead atoms. The summed E-state index contributed by atoms with van der Waals surface area (Å²) in [5.41, 5.74) is 0.871. The van der Waals surface area contributed by atoms with Gasteiger partial charge in [-0.2, -0.15) is 0 Å². The van der Waals surface area contributed by atoms with Gasteiger partial charge in [-0.15, -0.1) is 0 Å². The number of carbonyl (C=O) groups is 1. The van der Waals surface area contributed by atoms with Crippen LogP contribution in [-0.4, -0.2) is 36.1 Å². The fraction of sp³-hybridized carbons (Fsp3) is 0.533. The zero-order valence-electron chi connectivity index (χ0n) is 12.0. The second-order valence-electron chi connectivity index (χ2n) is 4.75. The number of amides is 1. The number of rotatable bonds is 7. The molecule has 4 nitrogen and oxygen atoms in total. The molecular formula is C15H24N2O2. The standard InChI is InChI=1S/C15H24N2O2/c1-4-10-16-15(19)11-17(3)13(5-2)12-8-6-7-9-14(12)18/h6-9,13,18H,4-5,10-11H2,1-3H3,(H,16,19). The van der Waals surface area contributed by atoms with Crippen molar-refractivity contribution < 1.29 is 9.90 Å². The van der Waals surface area contributed by atoms with Crippen molar-refractivity contribution in [2.45, 2.75) is 32.7 Å². The van der Waals surface area contributed by atoms with Gasteiger partial charge >= 0.3 is 0 Å². The Kier molecular flexibility index (Phi) is 6.36. The number of carbonyl (C=O) groups excluding carboxylic acids is 1. The topological polar surface area (TPSA) is 52.6 Å². The number of hydrogen-bond donors (Lipinski definition) is 2. The number of para-hydroxylation sites is 1. The van der Waals surface area contributed by atoms with Crippen LogP contribution in [0.1, 0.15) is 38.3 Å². The van der Waals surface area contributed by atoms with Gasteiger partial charge in [-0.25, -0.2) is 0 Å². The van der Waals surface area contributed by atoms with Gasteiger partial charge in [-0.3, -0.25) is 9.69 Å². The predicted molar refractivity (Wildman–Crippen MR) is 77.1 cm³/mol. The second-order valence-corrected chi connectivity index (χ2v) is 4.75. The average molecular weight is 264 g/mol. The molecule has 0 fully saturated rings. The number of benzene rings is 1. The summed E-state index contributed by atoms with van der Waals surface area (Å²) < 4.78 is 0. The Balaban J connectivity index is 2.69. The molecule has 0 saturated heterocycles. The Hall–Kier alpha value is -1.55. The second kappa shape index (κ2) is 7.79. The third kappa shape index (κ3) is 4.56. The molecule has 0 radical (unpaired) electrons. The summed E-state index contributed by atoms with van der Waals surface area (Å²) in [7, 11) is 1.91. The highest BCUT2D eigenvalue weighted by molar-refractivity contribution is 5.78. The molecule has 0 saturated carbocycles. The number of phenolic OH excluding ortho intramolecular Hbond substituents is 1. The summed E-state index contributed by atoms with van der Waals surface area (Å²) in [5, 5.41) is 12.8. The van der Waals surface area contributed by atoms with Crippen molar-refractivity contribution >= 4 is 5.91 Å². The molecule has 1 aromatic carbocycles. The van der Waals surface area contributed by atoms with Gasteiger partial charge in [0.05, 0.1) is 6.54 Å². The Bertz CT molecular complexity index is 407. The van der Waals surface area contributed by atoms with Gasteiger partial charge in [-0.1, -0.05) is 32.0 Å². The van der Waals surface area contributed by atoms with E-state index in [1.807, 2.05) is 31.0 Å². The first-order chi connectivity index (χ1) is 9.10. The van der Waals surface area contributed by atoms with Gasteiger partial charge in [0.2, 0.25) is 5.91 Å². The van der Waals surface area contributed by atoms with Crippen molar-refractivity contribution in [2.75, 3.05) is 20.1 Å². The highest BCUT2D eigenvalue weighted by Crippen LogP contribution is 2.29. The van der Waals surface area contributed by atoms with Crippen LogP contribution in [0.3, 0.4) is 0 Å². The van der Waals surface area contributed by atoms with Crippen molar-refractivity contribution in [3.8, 4) is 5.75 Å². The zero-order valence-corrected chi connectivity index (χ0v) is 12.0. The van der Waals surface area contributed by atoms with Crippen LogP contribution in [0, 0.1) is 0 Å². The quantitative estimate of drug-likeness (QED) is 0.794. The van der Waals surface area contributed by atoms with E-state index in [-0.39, 0.29) is 17.7 Å². The maximum atomic E-state index is 11.7. The summed E-state index contributed by atoms with van der Waals surface area (Å²) in [6, 6.07) is 7.35. The van der Waals surface area contributed by atoms with Crippen LogP contribution in [0.25, 0.3) is 0 Å². The Morgan fingerprint density at radius 1 is 1.37 bits per heavy atom. The monoisotopic (exact) mass is 264 g/mol. The lowest BCUT2D eigenvalue weighted by Gasteiger charge is -2.27. The predicted octanol–water partition coefficient (Wildman–Crippen LogP) is 2.30. The molecule has 2 N–H and O–H groups in total. The number of hydrogen-bond acceptors (Lipinski definition) is 3. The van der Waals surface area contributed by atoms with E-state index in [1.165, 1.54) is 0 Å². The molecule has 1 atom stereocenters. The Morgan fingerprint density at radius 3 is 2.63 bits per heavy atom. The molecule has 1 unspecified atom stereocenters. The maximum Gasteiger partial charge on any atom is 0.234 e. The molecule has 0 aliphatic heterocycles. The highest BCUT2D eigenvalue weighted by Gasteiger charge is 2.19. The van der Waals surface area contributed by atoms with Crippen LogP contribution in [0.5, 0.6) is 5.75 Å². The largest absolute Gasteiger partial charge is 0.508 e. The van der Waals surface area contributed by atoms with E-state index in [1.54, 1.807) is 12.1 Å². The van der Waals surface area contributed by atoms with Crippen LogP contribution in [0.15, 0.2) is 24.3 Å². The third-order valence-corrected chi connectivity index (χ3v) is 3.18. The van der Waals surface area contributed by atoms with Crippen LogP contribution in [0.2, 0.25) is 0 Å². The number of aromatic hydroxyl groups is 1. The van der Waals surface area contributed by atoms with E-state index in [0.29, 0.717) is 13.1 Å². The van der Waals surface area contributed by atoms with E-state index in [4.69, 9.17) is 0 Å². The van der Waals surface area contributed by atoms with Crippen molar-refractivity contribution in [3.63, 3.8) is 0 Å². The minimum atomic E-state index is 0.0261. The summed E-state index contributed by atoms with van der Waals surface area (Å²) in [4.78, 5) is 13.7. The SMILES string of the molecule is CCCNC(=O)CN(C)C(CC)c1ccccc1O. The van der Waals surface area contributed by atoms with E-state index < -0.39 is 0 Å². The third-order valence-electron chi connectivity index (χ3n) is 3.18. The molecule has 0 aromatic heterocycles. The number of nitrogens with one attached hydrogen (secondary N) is 1. The fourth-order valence-electron chi connectivity index (χ4n) is 2.20. The zero-order chi connectivity index (χ0) is 14.3. The van der Waals surface area contributed by atoms with E-state index >= 15 is 0 Å². The average Bonchev–Trinajstić information content (AvgIpc) is 2.39. The van der Waals surface area contributed by atoms with Crippen molar-refractivity contribution in [1.29, 1.82) is 0 Å². The minimum absolute atomic E-state index is 0.0261.